The van der Waals surface area contributed by atoms with Gasteiger partial charge in [-0.05, 0) is 18.1 Å². The molecule has 2 N–H and O–H groups in total. The molecule has 3 heteroatoms. The Morgan fingerprint density at radius 2 is 1.68 bits per heavy atom. The molecule has 3 nitrogen and oxygen atoms in total. The second-order valence-corrected chi connectivity index (χ2v) is 4.63. The van der Waals surface area contributed by atoms with Gasteiger partial charge in [-0.25, -0.2) is 0 Å². The molecule has 2 aromatic carbocycles. The summed E-state index contributed by atoms with van der Waals surface area (Å²) < 4.78 is 2.06. The Morgan fingerprint density at radius 3 is 2.47 bits per heavy atom. The first-order valence-corrected chi connectivity index (χ1v) is 6.57. The molecule has 0 aliphatic carbocycles. The van der Waals surface area contributed by atoms with Gasteiger partial charge in [-0.1, -0.05) is 48.5 Å². The zero-order valence-corrected chi connectivity index (χ0v) is 10.8. The summed E-state index contributed by atoms with van der Waals surface area (Å²) in [5, 5.41) is 5.78. The Kier molecular flexibility index (Phi) is 3.29. The average Bonchev–Trinajstić information content (AvgIpc) is 2.84. The topological polar surface area (TPSA) is 43.8 Å². The minimum absolute atomic E-state index is 0.485. The highest BCUT2D eigenvalue weighted by molar-refractivity contribution is 5.81. The Labute approximate surface area is 112 Å². The van der Waals surface area contributed by atoms with Crippen LogP contribution in [-0.4, -0.2) is 9.78 Å². The standard InChI is InChI=1S/C16H17N3/c17-12-15-14-8-4-5-9-16(14)19(18-15)11-10-13-6-2-1-3-7-13/h1-9H,10-12,17H2. The summed E-state index contributed by atoms with van der Waals surface area (Å²) in [5.74, 6) is 0. The number of para-hydroxylation sites is 1. The van der Waals surface area contributed by atoms with E-state index in [-0.39, 0.29) is 0 Å². The van der Waals surface area contributed by atoms with Gasteiger partial charge in [-0.15, -0.1) is 0 Å². The first kappa shape index (κ1) is 11.9. The molecule has 96 valence electrons. The van der Waals surface area contributed by atoms with Crippen molar-refractivity contribution in [1.82, 2.24) is 9.78 Å². The maximum absolute atomic E-state index is 5.76. The SMILES string of the molecule is NCc1nn(CCc2ccccc2)c2ccccc12. The van der Waals surface area contributed by atoms with E-state index in [0.29, 0.717) is 6.54 Å². The molecule has 0 saturated carbocycles. The molecule has 0 amide bonds. The summed E-state index contributed by atoms with van der Waals surface area (Å²) in [6.45, 7) is 1.36. The van der Waals surface area contributed by atoms with E-state index in [1.807, 2.05) is 18.2 Å². The molecular formula is C16H17N3. The van der Waals surface area contributed by atoms with Crippen LogP contribution in [-0.2, 0) is 19.5 Å². The van der Waals surface area contributed by atoms with E-state index >= 15 is 0 Å². The van der Waals surface area contributed by atoms with Crippen molar-refractivity contribution >= 4 is 10.9 Å². The predicted octanol–water partition coefficient (Wildman–Crippen LogP) is 2.74. The molecule has 19 heavy (non-hydrogen) atoms. The number of hydrogen-bond donors (Lipinski definition) is 1. The van der Waals surface area contributed by atoms with Crippen LogP contribution in [0.2, 0.25) is 0 Å². The summed E-state index contributed by atoms with van der Waals surface area (Å²) in [6.07, 6.45) is 0.983. The molecule has 0 bridgehead atoms. The molecule has 0 spiro atoms. The van der Waals surface area contributed by atoms with E-state index in [0.717, 1.165) is 24.0 Å². The maximum Gasteiger partial charge on any atom is 0.0838 e. The predicted molar refractivity (Wildman–Crippen MR) is 77.8 cm³/mol. The van der Waals surface area contributed by atoms with E-state index in [4.69, 9.17) is 5.73 Å². The lowest BCUT2D eigenvalue weighted by molar-refractivity contribution is 0.624. The highest BCUT2D eigenvalue weighted by Crippen LogP contribution is 2.18. The van der Waals surface area contributed by atoms with Crippen LogP contribution < -0.4 is 5.73 Å². The first-order chi connectivity index (χ1) is 9.38. The number of fused-ring (bicyclic) bond motifs is 1. The van der Waals surface area contributed by atoms with Crippen molar-refractivity contribution in [3.05, 3.63) is 65.9 Å². The molecule has 0 aliphatic rings. The maximum atomic E-state index is 5.76. The van der Waals surface area contributed by atoms with Gasteiger partial charge in [0.25, 0.3) is 0 Å². The van der Waals surface area contributed by atoms with Gasteiger partial charge >= 0.3 is 0 Å². The normalized spacial score (nSPS) is 11.0. The van der Waals surface area contributed by atoms with Gasteiger partial charge in [-0.2, -0.15) is 5.10 Å². The fourth-order valence-electron chi connectivity index (χ4n) is 2.40. The molecule has 3 aromatic rings. The molecule has 1 heterocycles. The van der Waals surface area contributed by atoms with Crippen molar-refractivity contribution in [2.45, 2.75) is 19.5 Å². The van der Waals surface area contributed by atoms with Gasteiger partial charge in [0.1, 0.15) is 0 Å². The lowest BCUT2D eigenvalue weighted by Crippen LogP contribution is -2.05. The summed E-state index contributed by atoms with van der Waals surface area (Å²) in [5.41, 5.74) is 9.23. The van der Waals surface area contributed by atoms with E-state index in [1.54, 1.807) is 0 Å². The van der Waals surface area contributed by atoms with Gasteiger partial charge in [0, 0.05) is 18.5 Å². The van der Waals surface area contributed by atoms with Crippen LogP contribution in [0.25, 0.3) is 10.9 Å². The van der Waals surface area contributed by atoms with Gasteiger partial charge in [0.05, 0.1) is 11.2 Å². The van der Waals surface area contributed by atoms with Crippen LogP contribution in [0.4, 0.5) is 0 Å². The molecular weight excluding hydrogens is 234 g/mol. The fraction of sp³-hybridized carbons (Fsp3) is 0.188. The van der Waals surface area contributed by atoms with Gasteiger partial charge < -0.3 is 5.73 Å². The van der Waals surface area contributed by atoms with Crippen molar-refractivity contribution < 1.29 is 0 Å². The van der Waals surface area contributed by atoms with Crippen LogP contribution in [0.5, 0.6) is 0 Å². The van der Waals surface area contributed by atoms with E-state index < -0.39 is 0 Å². The van der Waals surface area contributed by atoms with Gasteiger partial charge in [0.15, 0.2) is 0 Å². The first-order valence-electron chi connectivity index (χ1n) is 6.57. The van der Waals surface area contributed by atoms with Crippen LogP contribution in [0, 0.1) is 0 Å². The van der Waals surface area contributed by atoms with Crippen molar-refractivity contribution in [1.29, 1.82) is 0 Å². The molecule has 0 unspecified atom stereocenters. The van der Waals surface area contributed by atoms with Crippen LogP contribution in [0.15, 0.2) is 54.6 Å². The smallest absolute Gasteiger partial charge is 0.0838 e. The molecule has 0 radical (unpaired) electrons. The van der Waals surface area contributed by atoms with Crippen molar-refractivity contribution in [3.8, 4) is 0 Å². The summed E-state index contributed by atoms with van der Waals surface area (Å²) in [6, 6.07) is 18.7. The third kappa shape index (κ3) is 2.37. The largest absolute Gasteiger partial charge is 0.325 e. The number of aryl methyl sites for hydroxylation is 2. The highest BCUT2D eigenvalue weighted by Gasteiger charge is 2.08. The molecule has 0 atom stereocenters. The lowest BCUT2D eigenvalue weighted by atomic mass is 10.1. The summed E-state index contributed by atoms with van der Waals surface area (Å²) in [4.78, 5) is 0. The number of nitrogens with zero attached hydrogens (tertiary/aromatic N) is 2. The second kappa shape index (κ2) is 5.24. The van der Waals surface area contributed by atoms with E-state index in [1.165, 1.54) is 11.1 Å². The quantitative estimate of drug-likeness (QED) is 0.775. The highest BCUT2D eigenvalue weighted by atomic mass is 15.3. The van der Waals surface area contributed by atoms with Crippen molar-refractivity contribution in [3.63, 3.8) is 0 Å². The van der Waals surface area contributed by atoms with Crippen LogP contribution in [0.3, 0.4) is 0 Å². The second-order valence-electron chi connectivity index (χ2n) is 4.63. The van der Waals surface area contributed by atoms with Crippen LogP contribution in [0.1, 0.15) is 11.3 Å². The fourth-order valence-corrected chi connectivity index (χ4v) is 2.40. The summed E-state index contributed by atoms with van der Waals surface area (Å²) in [7, 11) is 0. The van der Waals surface area contributed by atoms with Crippen molar-refractivity contribution in [2.24, 2.45) is 5.73 Å². The number of hydrogen-bond acceptors (Lipinski definition) is 2. The van der Waals surface area contributed by atoms with E-state index in [9.17, 15) is 0 Å². The summed E-state index contributed by atoms with van der Waals surface area (Å²) >= 11 is 0. The Bertz CT molecular complexity index is 671. The Balaban J connectivity index is 1.89. The minimum Gasteiger partial charge on any atom is -0.325 e. The Morgan fingerprint density at radius 1 is 0.947 bits per heavy atom. The third-order valence-corrected chi connectivity index (χ3v) is 3.38. The number of rotatable bonds is 4. The number of aromatic nitrogens is 2. The molecule has 0 fully saturated rings. The average molecular weight is 251 g/mol. The lowest BCUT2D eigenvalue weighted by Gasteiger charge is -2.03. The Hall–Kier alpha value is -2.13. The number of nitrogens with two attached hydrogens (primary N) is 1. The van der Waals surface area contributed by atoms with Gasteiger partial charge in [-0.3, -0.25) is 4.68 Å². The van der Waals surface area contributed by atoms with Gasteiger partial charge in [0.2, 0.25) is 0 Å². The van der Waals surface area contributed by atoms with E-state index in [2.05, 4.69) is 46.2 Å². The van der Waals surface area contributed by atoms with Crippen molar-refractivity contribution in [2.75, 3.05) is 0 Å². The monoisotopic (exact) mass is 251 g/mol. The number of benzene rings is 2. The zero-order chi connectivity index (χ0) is 13.1. The minimum atomic E-state index is 0.485. The van der Waals surface area contributed by atoms with Crippen LogP contribution >= 0.6 is 0 Å². The molecule has 0 aliphatic heterocycles. The molecule has 1 aromatic heterocycles. The molecule has 3 rings (SSSR count). The zero-order valence-electron chi connectivity index (χ0n) is 10.8. The third-order valence-electron chi connectivity index (χ3n) is 3.38. The molecule has 0 saturated heterocycles.